The van der Waals surface area contributed by atoms with E-state index in [2.05, 4.69) is 67.7 Å². The predicted molar refractivity (Wildman–Crippen MR) is 86.8 cm³/mol. The van der Waals surface area contributed by atoms with Crippen LogP contribution < -0.4 is 10.1 Å². The molecular weight excluding hydrogens is 258 g/mol. The molecule has 21 heavy (non-hydrogen) atoms. The van der Waals surface area contributed by atoms with Gasteiger partial charge in [0.2, 0.25) is 0 Å². The van der Waals surface area contributed by atoms with E-state index >= 15 is 0 Å². The molecule has 0 saturated carbocycles. The van der Waals surface area contributed by atoms with Gasteiger partial charge in [-0.05, 0) is 11.6 Å². The maximum Gasteiger partial charge on any atom is 0.124 e. The van der Waals surface area contributed by atoms with Crippen LogP contribution in [0.4, 0.5) is 0 Å². The molecule has 1 heterocycles. The minimum Gasteiger partial charge on any atom is -0.493 e. The van der Waals surface area contributed by atoms with Gasteiger partial charge in [0.25, 0.3) is 0 Å². The van der Waals surface area contributed by atoms with Gasteiger partial charge < -0.3 is 10.1 Å². The molecule has 3 rings (SSSR count). The third-order valence-electron chi connectivity index (χ3n) is 4.30. The molecule has 1 aliphatic rings. The lowest BCUT2D eigenvalue weighted by Gasteiger charge is -2.32. The molecule has 2 aromatic carbocycles. The van der Waals surface area contributed by atoms with E-state index in [-0.39, 0.29) is 5.41 Å². The average molecular weight is 281 g/mol. The first kappa shape index (κ1) is 14.2. The summed E-state index contributed by atoms with van der Waals surface area (Å²) in [5.74, 6) is 1.03. The highest BCUT2D eigenvalue weighted by atomic mass is 16.5. The molecule has 0 radical (unpaired) electrons. The monoisotopic (exact) mass is 281 g/mol. The largest absolute Gasteiger partial charge is 0.493 e. The van der Waals surface area contributed by atoms with E-state index in [9.17, 15) is 0 Å². The Morgan fingerprint density at radius 3 is 2.57 bits per heavy atom. The summed E-state index contributed by atoms with van der Waals surface area (Å²) in [6.45, 7) is 6.33. The molecule has 1 atom stereocenters. The lowest BCUT2D eigenvalue weighted by molar-refractivity contribution is 0.247. The lowest BCUT2D eigenvalue weighted by atomic mass is 9.84. The maximum atomic E-state index is 5.73. The van der Waals surface area contributed by atoms with Crippen molar-refractivity contribution in [3.8, 4) is 5.75 Å². The SMILES string of the molecule is CC(C)(CNC1CCOc2ccccc21)c1ccccc1. The van der Waals surface area contributed by atoms with E-state index in [0.29, 0.717) is 6.04 Å². The van der Waals surface area contributed by atoms with Crippen LogP contribution in [0.1, 0.15) is 37.4 Å². The topological polar surface area (TPSA) is 21.3 Å². The van der Waals surface area contributed by atoms with Crippen LogP contribution in [0.2, 0.25) is 0 Å². The van der Waals surface area contributed by atoms with Gasteiger partial charge in [0.15, 0.2) is 0 Å². The van der Waals surface area contributed by atoms with Gasteiger partial charge in [-0.25, -0.2) is 0 Å². The van der Waals surface area contributed by atoms with Gasteiger partial charge in [0.05, 0.1) is 6.61 Å². The van der Waals surface area contributed by atoms with Crippen molar-refractivity contribution in [1.82, 2.24) is 5.32 Å². The summed E-state index contributed by atoms with van der Waals surface area (Å²) >= 11 is 0. The number of para-hydroxylation sites is 1. The van der Waals surface area contributed by atoms with Crippen molar-refractivity contribution in [3.05, 3.63) is 65.7 Å². The second-order valence-corrected chi connectivity index (χ2v) is 6.36. The minimum atomic E-state index is 0.120. The molecule has 0 saturated heterocycles. The average Bonchev–Trinajstić information content (AvgIpc) is 2.54. The summed E-state index contributed by atoms with van der Waals surface area (Å²) in [5.41, 5.74) is 2.78. The molecule has 0 bridgehead atoms. The number of rotatable bonds is 4. The molecule has 0 spiro atoms. The Morgan fingerprint density at radius 2 is 1.76 bits per heavy atom. The zero-order chi connectivity index (χ0) is 14.7. The molecule has 1 aliphatic heterocycles. The van der Waals surface area contributed by atoms with Crippen LogP contribution in [0, 0.1) is 0 Å². The maximum absolute atomic E-state index is 5.73. The first-order valence-electron chi connectivity index (χ1n) is 7.67. The normalized spacial score (nSPS) is 17.9. The van der Waals surface area contributed by atoms with E-state index in [1.807, 2.05) is 6.07 Å². The van der Waals surface area contributed by atoms with E-state index in [1.54, 1.807) is 0 Å². The van der Waals surface area contributed by atoms with Crippen molar-refractivity contribution in [1.29, 1.82) is 0 Å². The van der Waals surface area contributed by atoms with E-state index in [4.69, 9.17) is 4.74 Å². The van der Waals surface area contributed by atoms with Gasteiger partial charge >= 0.3 is 0 Å². The van der Waals surface area contributed by atoms with Crippen LogP contribution in [-0.4, -0.2) is 13.2 Å². The van der Waals surface area contributed by atoms with Gasteiger partial charge in [0.1, 0.15) is 5.75 Å². The minimum absolute atomic E-state index is 0.120. The standard InChI is InChI=1S/C19H23NO/c1-19(2,15-8-4-3-5-9-15)14-20-17-12-13-21-18-11-7-6-10-16(17)18/h3-11,17,20H,12-14H2,1-2H3. The highest BCUT2D eigenvalue weighted by molar-refractivity contribution is 5.37. The van der Waals surface area contributed by atoms with Crippen LogP contribution in [0.5, 0.6) is 5.75 Å². The Bertz CT molecular complexity index is 592. The Balaban J connectivity index is 1.71. The van der Waals surface area contributed by atoms with Crippen LogP contribution in [0.3, 0.4) is 0 Å². The first-order chi connectivity index (χ1) is 10.2. The molecular formula is C19H23NO. The highest BCUT2D eigenvalue weighted by Gasteiger charge is 2.25. The second kappa shape index (κ2) is 5.90. The Hall–Kier alpha value is -1.80. The predicted octanol–water partition coefficient (Wildman–Crippen LogP) is 4.08. The van der Waals surface area contributed by atoms with Crippen LogP contribution in [0.15, 0.2) is 54.6 Å². The zero-order valence-corrected chi connectivity index (χ0v) is 12.8. The molecule has 0 amide bonds. The molecule has 0 fully saturated rings. The van der Waals surface area contributed by atoms with Crippen molar-refractivity contribution in [2.24, 2.45) is 0 Å². The second-order valence-electron chi connectivity index (χ2n) is 6.36. The van der Waals surface area contributed by atoms with Gasteiger partial charge in [-0.1, -0.05) is 62.4 Å². The molecule has 2 heteroatoms. The molecule has 1 unspecified atom stereocenters. The number of hydrogen-bond acceptors (Lipinski definition) is 2. The summed E-state index contributed by atoms with van der Waals surface area (Å²) in [7, 11) is 0. The number of benzene rings is 2. The third-order valence-corrected chi connectivity index (χ3v) is 4.30. The number of nitrogens with one attached hydrogen (secondary N) is 1. The lowest BCUT2D eigenvalue weighted by Crippen LogP contribution is -2.37. The molecule has 2 aromatic rings. The summed E-state index contributed by atoms with van der Waals surface area (Å²) in [4.78, 5) is 0. The number of ether oxygens (including phenoxy) is 1. The Morgan fingerprint density at radius 1 is 1.05 bits per heavy atom. The molecule has 0 aromatic heterocycles. The van der Waals surface area contributed by atoms with Crippen molar-refractivity contribution >= 4 is 0 Å². The number of fused-ring (bicyclic) bond motifs is 1. The Labute approximate surface area is 127 Å². The van der Waals surface area contributed by atoms with Crippen molar-refractivity contribution in [2.75, 3.05) is 13.2 Å². The van der Waals surface area contributed by atoms with Crippen LogP contribution in [-0.2, 0) is 5.41 Å². The first-order valence-corrected chi connectivity index (χ1v) is 7.67. The smallest absolute Gasteiger partial charge is 0.124 e. The van der Waals surface area contributed by atoms with Crippen LogP contribution >= 0.6 is 0 Å². The third kappa shape index (κ3) is 3.11. The highest BCUT2D eigenvalue weighted by Crippen LogP contribution is 2.32. The van der Waals surface area contributed by atoms with Crippen molar-refractivity contribution in [3.63, 3.8) is 0 Å². The molecule has 2 nitrogen and oxygen atoms in total. The molecule has 1 N–H and O–H groups in total. The van der Waals surface area contributed by atoms with E-state index in [0.717, 1.165) is 25.3 Å². The van der Waals surface area contributed by atoms with Crippen molar-refractivity contribution < 1.29 is 4.74 Å². The fraction of sp³-hybridized carbons (Fsp3) is 0.368. The van der Waals surface area contributed by atoms with Gasteiger partial charge in [-0.15, -0.1) is 0 Å². The quantitative estimate of drug-likeness (QED) is 0.912. The van der Waals surface area contributed by atoms with Gasteiger partial charge in [-0.2, -0.15) is 0 Å². The van der Waals surface area contributed by atoms with Gasteiger partial charge in [-0.3, -0.25) is 0 Å². The number of hydrogen-bond donors (Lipinski definition) is 1. The van der Waals surface area contributed by atoms with Crippen LogP contribution in [0.25, 0.3) is 0 Å². The summed E-state index contributed by atoms with van der Waals surface area (Å²) < 4.78 is 5.73. The molecule has 0 aliphatic carbocycles. The summed E-state index contributed by atoms with van der Waals surface area (Å²) in [6, 6.07) is 19.5. The summed E-state index contributed by atoms with van der Waals surface area (Å²) in [6.07, 6.45) is 1.03. The van der Waals surface area contributed by atoms with E-state index in [1.165, 1.54) is 11.1 Å². The van der Waals surface area contributed by atoms with E-state index < -0.39 is 0 Å². The zero-order valence-electron chi connectivity index (χ0n) is 12.8. The van der Waals surface area contributed by atoms with Crippen molar-refractivity contribution in [2.45, 2.75) is 31.7 Å². The fourth-order valence-corrected chi connectivity index (χ4v) is 2.92. The Kier molecular flexibility index (Phi) is 3.98. The molecule has 110 valence electrons. The van der Waals surface area contributed by atoms with Gasteiger partial charge in [0, 0.05) is 30.0 Å². The summed E-state index contributed by atoms with van der Waals surface area (Å²) in [5, 5.41) is 3.74. The fourth-order valence-electron chi connectivity index (χ4n) is 2.92.